The molecule has 3 heteroatoms. The second kappa shape index (κ2) is 6.88. The van der Waals surface area contributed by atoms with E-state index in [1.54, 1.807) is 0 Å². The maximum atomic E-state index is 12.5. The molecule has 0 aliphatic heterocycles. The first kappa shape index (κ1) is 15.7. The number of benzene rings is 2. The molecule has 110 valence electrons. The molecule has 0 bridgehead atoms. The monoisotopic (exact) mass is 301 g/mol. The van der Waals surface area contributed by atoms with Crippen molar-refractivity contribution < 1.29 is 4.79 Å². The van der Waals surface area contributed by atoms with Gasteiger partial charge in [-0.15, -0.1) is 0 Å². The van der Waals surface area contributed by atoms with Gasteiger partial charge in [-0.3, -0.25) is 9.69 Å². The van der Waals surface area contributed by atoms with Gasteiger partial charge in [0.2, 0.25) is 0 Å². The second-order valence-corrected chi connectivity index (χ2v) is 5.68. The molecule has 21 heavy (non-hydrogen) atoms. The third-order valence-corrected chi connectivity index (χ3v) is 4.36. The molecular formula is C18H20ClNO. The summed E-state index contributed by atoms with van der Waals surface area (Å²) in [5.74, 6) is 0.122. The van der Waals surface area contributed by atoms with Crippen LogP contribution in [-0.4, -0.2) is 23.8 Å². The van der Waals surface area contributed by atoms with Gasteiger partial charge in [-0.25, -0.2) is 0 Å². The Hall–Kier alpha value is -1.64. The van der Waals surface area contributed by atoms with Gasteiger partial charge in [0, 0.05) is 16.6 Å². The zero-order valence-corrected chi connectivity index (χ0v) is 13.3. The maximum Gasteiger partial charge on any atom is 0.179 e. The van der Waals surface area contributed by atoms with Crippen LogP contribution in [0.3, 0.4) is 0 Å². The number of carbonyl (C=O) groups excluding carboxylic acids is 1. The van der Waals surface area contributed by atoms with Crippen LogP contribution in [0.2, 0.25) is 5.02 Å². The SMILES string of the molecule is CC(C(=O)c1ccccc1)N(C)C(C)c1ccccc1Cl. The third kappa shape index (κ3) is 3.52. The van der Waals surface area contributed by atoms with Crippen molar-refractivity contribution in [3.8, 4) is 0 Å². The van der Waals surface area contributed by atoms with Gasteiger partial charge in [0.05, 0.1) is 6.04 Å². The number of Topliss-reactive ketones (excluding diaryl/α,β-unsaturated/α-hetero) is 1. The van der Waals surface area contributed by atoms with Crippen LogP contribution < -0.4 is 0 Å². The fraction of sp³-hybridized carbons (Fsp3) is 0.278. The summed E-state index contributed by atoms with van der Waals surface area (Å²) in [7, 11) is 1.96. The lowest BCUT2D eigenvalue weighted by molar-refractivity contribution is 0.0826. The normalized spacial score (nSPS) is 14.0. The highest BCUT2D eigenvalue weighted by Gasteiger charge is 2.24. The summed E-state index contributed by atoms with van der Waals surface area (Å²) in [5.41, 5.74) is 1.78. The zero-order valence-electron chi connectivity index (χ0n) is 12.6. The van der Waals surface area contributed by atoms with Crippen molar-refractivity contribution in [3.05, 3.63) is 70.7 Å². The lowest BCUT2D eigenvalue weighted by Gasteiger charge is -2.30. The van der Waals surface area contributed by atoms with E-state index in [1.807, 2.05) is 68.6 Å². The largest absolute Gasteiger partial charge is 0.292 e. The Kier molecular flexibility index (Phi) is 5.16. The molecule has 0 saturated carbocycles. The molecular weight excluding hydrogens is 282 g/mol. The van der Waals surface area contributed by atoms with E-state index < -0.39 is 0 Å². The van der Waals surface area contributed by atoms with Gasteiger partial charge in [0.1, 0.15) is 0 Å². The molecule has 0 N–H and O–H groups in total. The predicted octanol–water partition coefficient (Wildman–Crippen LogP) is 4.60. The molecule has 2 aromatic rings. The Morgan fingerprint density at radius 3 is 2.19 bits per heavy atom. The minimum Gasteiger partial charge on any atom is -0.292 e. The lowest BCUT2D eigenvalue weighted by Crippen LogP contribution is -2.37. The highest BCUT2D eigenvalue weighted by molar-refractivity contribution is 6.31. The number of nitrogens with zero attached hydrogens (tertiary/aromatic N) is 1. The molecule has 0 aromatic heterocycles. The Balaban J connectivity index is 2.17. The number of carbonyl (C=O) groups is 1. The molecule has 0 aliphatic rings. The number of rotatable bonds is 5. The van der Waals surface area contributed by atoms with Crippen LogP contribution in [0.1, 0.15) is 35.8 Å². The molecule has 0 heterocycles. The molecule has 0 saturated heterocycles. The van der Waals surface area contributed by atoms with E-state index in [9.17, 15) is 4.79 Å². The van der Waals surface area contributed by atoms with Crippen LogP contribution in [0.4, 0.5) is 0 Å². The lowest BCUT2D eigenvalue weighted by atomic mass is 10.0. The molecule has 2 atom stereocenters. The average Bonchev–Trinajstić information content (AvgIpc) is 2.53. The molecule has 0 aliphatic carbocycles. The van der Waals surface area contributed by atoms with E-state index in [0.717, 1.165) is 16.1 Å². The Bertz CT molecular complexity index is 612. The van der Waals surface area contributed by atoms with Crippen LogP contribution in [0.5, 0.6) is 0 Å². The van der Waals surface area contributed by atoms with E-state index in [0.29, 0.717) is 0 Å². The number of halogens is 1. The highest BCUT2D eigenvalue weighted by Crippen LogP contribution is 2.28. The second-order valence-electron chi connectivity index (χ2n) is 5.27. The van der Waals surface area contributed by atoms with Gasteiger partial charge in [-0.2, -0.15) is 0 Å². The van der Waals surface area contributed by atoms with E-state index in [4.69, 9.17) is 11.6 Å². The van der Waals surface area contributed by atoms with Gasteiger partial charge in [0.25, 0.3) is 0 Å². The van der Waals surface area contributed by atoms with Gasteiger partial charge in [-0.05, 0) is 32.5 Å². The van der Waals surface area contributed by atoms with Crippen molar-refractivity contribution in [1.82, 2.24) is 4.90 Å². The standard InChI is InChI=1S/C18H20ClNO/c1-13(16-11-7-8-12-17(16)19)20(3)14(2)18(21)15-9-5-4-6-10-15/h4-14H,1-3H3. The highest BCUT2D eigenvalue weighted by atomic mass is 35.5. The fourth-order valence-electron chi connectivity index (χ4n) is 2.40. The number of hydrogen-bond donors (Lipinski definition) is 0. The number of likely N-dealkylation sites (N-methyl/N-ethyl adjacent to an activating group) is 1. The average molecular weight is 302 g/mol. The Morgan fingerprint density at radius 1 is 1.00 bits per heavy atom. The van der Waals surface area contributed by atoms with Crippen LogP contribution >= 0.6 is 11.6 Å². The van der Waals surface area contributed by atoms with Crippen molar-refractivity contribution in [2.24, 2.45) is 0 Å². The van der Waals surface area contributed by atoms with Crippen molar-refractivity contribution in [3.63, 3.8) is 0 Å². The number of hydrogen-bond acceptors (Lipinski definition) is 2. The summed E-state index contributed by atoms with van der Waals surface area (Å²) in [4.78, 5) is 14.6. The minimum absolute atomic E-state index is 0.0707. The Morgan fingerprint density at radius 2 is 1.57 bits per heavy atom. The summed E-state index contributed by atoms with van der Waals surface area (Å²) < 4.78 is 0. The van der Waals surface area contributed by atoms with Crippen LogP contribution in [-0.2, 0) is 0 Å². The minimum atomic E-state index is -0.210. The predicted molar refractivity (Wildman–Crippen MR) is 87.9 cm³/mol. The molecule has 2 unspecified atom stereocenters. The molecule has 0 amide bonds. The first-order valence-electron chi connectivity index (χ1n) is 7.08. The molecule has 0 fully saturated rings. The first-order valence-corrected chi connectivity index (χ1v) is 7.45. The van der Waals surface area contributed by atoms with Gasteiger partial charge in [0.15, 0.2) is 5.78 Å². The van der Waals surface area contributed by atoms with Crippen molar-refractivity contribution in [2.45, 2.75) is 25.9 Å². The maximum absolute atomic E-state index is 12.5. The molecule has 2 rings (SSSR count). The van der Waals surface area contributed by atoms with Crippen LogP contribution in [0.25, 0.3) is 0 Å². The molecule has 0 radical (unpaired) electrons. The van der Waals surface area contributed by atoms with Crippen molar-refractivity contribution in [1.29, 1.82) is 0 Å². The van der Waals surface area contributed by atoms with Gasteiger partial charge in [-0.1, -0.05) is 60.1 Å². The summed E-state index contributed by atoms with van der Waals surface area (Å²) in [6.07, 6.45) is 0. The van der Waals surface area contributed by atoms with Crippen molar-refractivity contribution in [2.75, 3.05) is 7.05 Å². The van der Waals surface area contributed by atoms with E-state index in [2.05, 4.69) is 11.8 Å². The molecule has 0 spiro atoms. The topological polar surface area (TPSA) is 20.3 Å². The van der Waals surface area contributed by atoms with E-state index in [-0.39, 0.29) is 17.9 Å². The van der Waals surface area contributed by atoms with Crippen LogP contribution in [0, 0.1) is 0 Å². The summed E-state index contributed by atoms with van der Waals surface area (Å²) in [6, 6.07) is 17.0. The smallest absolute Gasteiger partial charge is 0.179 e. The zero-order chi connectivity index (χ0) is 15.4. The number of ketones is 1. The Labute approximate surface area is 131 Å². The quantitative estimate of drug-likeness (QED) is 0.752. The van der Waals surface area contributed by atoms with E-state index in [1.165, 1.54) is 0 Å². The van der Waals surface area contributed by atoms with Crippen LogP contribution in [0.15, 0.2) is 54.6 Å². The summed E-state index contributed by atoms with van der Waals surface area (Å²) >= 11 is 6.25. The van der Waals surface area contributed by atoms with Gasteiger partial charge < -0.3 is 0 Å². The van der Waals surface area contributed by atoms with Crippen molar-refractivity contribution >= 4 is 17.4 Å². The fourth-order valence-corrected chi connectivity index (χ4v) is 2.69. The summed E-state index contributed by atoms with van der Waals surface area (Å²) in [6.45, 7) is 4.00. The van der Waals surface area contributed by atoms with Gasteiger partial charge >= 0.3 is 0 Å². The third-order valence-electron chi connectivity index (χ3n) is 4.01. The first-order chi connectivity index (χ1) is 10.0. The molecule has 2 nitrogen and oxygen atoms in total. The molecule has 2 aromatic carbocycles. The van der Waals surface area contributed by atoms with E-state index >= 15 is 0 Å². The summed E-state index contributed by atoms with van der Waals surface area (Å²) in [5, 5.41) is 0.733.